The maximum absolute atomic E-state index is 9.88. The van der Waals surface area contributed by atoms with Gasteiger partial charge in [-0.05, 0) is 12.8 Å². The lowest BCUT2D eigenvalue weighted by molar-refractivity contribution is -0.0879. The van der Waals surface area contributed by atoms with E-state index in [-0.39, 0.29) is 6.61 Å². The van der Waals surface area contributed by atoms with E-state index in [4.69, 9.17) is 14.6 Å². The zero-order chi connectivity index (χ0) is 21.9. The molecule has 0 aromatic rings. The first kappa shape index (κ1) is 27.6. The highest BCUT2D eigenvalue weighted by Crippen LogP contribution is 2.21. The second-order valence-corrected chi connectivity index (χ2v) is 8.77. The summed E-state index contributed by atoms with van der Waals surface area (Å²) >= 11 is 0. The van der Waals surface area contributed by atoms with Crippen LogP contribution in [0.25, 0.3) is 0 Å². The van der Waals surface area contributed by atoms with E-state index in [1.54, 1.807) is 0 Å². The van der Waals surface area contributed by atoms with E-state index in [2.05, 4.69) is 13.0 Å². The average molecular weight is 429 g/mol. The molecule has 178 valence electrons. The second kappa shape index (κ2) is 19.2. The Morgan fingerprint density at radius 1 is 0.867 bits per heavy atom. The van der Waals surface area contributed by atoms with E-state index in [9.17, 15) is 10.2 Å². The SMILES string of the molecule is CCCCCCCCCCCCCCCC/C=C/CO[C@@H]1[C@H]([C@@H](O)CO)OC[C@H]1O. The van der Waals surface area contributed by atoms with E-state index in [0.29, 0.717) is 6.61 Å². The van der Waals surface area contributed by atoms with E-state index in [1.165, 1.54) is 89.9 Å². The summed E-state index contributed by atoms with van der Waals surface area (Å²) in [6.07, 6.45) is 21.3. The van der Waals surface area contributed by atoms with E-state index in [0.717, 1.165) is 6.42 Å². The van der Waals surface area contributed by atoms with E-state index in [1.807, 2.05) is 6.08 Å². The Kier molecular flexibility index (Phi) is 17.7. The van der Waals surface area contributed by atoms with Gasteiger partial charge in [-0.2, -0.15) is 0 Å². The van der Waals surface area contributed by atoms with Gasteiger partial charge in [-0.15, -0.1) is 0 Å². The molecule has 1 saturated heterocycles. The first-order valence-corrected chi connectivity index (χ1v) is 12.6. The predicted molar refractivity (Wildman–Crippen MR) is 123 cm³/mol. The van der Waals surface area contributed by atoms with Crippen molar-refractivity contribution in [1.29, 1.82) is 0 Å². The molecule has 4 atom stereocenters. The van der Waals surface area contributed by atoms with Crippen LogP contribution in [0.1, 0.15) is 103 Å². The topological polar surface area (TPSA) is 79.2 Å². The molecule has 1 aliphatic heterocycles. The summed E-state index contributed by atoms with van der Waals surface area (Å²) in [6, 6.07) is 0. The maximum Gasteiger partial charge on any atom is 0.115 e. The van der Waals surface area contributed by atoms with Crippen LogP contribution < -0.4 is 0 Å². The van der Waals surface area contributed by atoms with Crippen molar-refractivity contribution in [2.24, 2.45) is 0 Å². The number of rotatable bonds is 20. The zero-order valence-corrected chi connectivity index (χ0v) is 19.4. The summed E-state index contributed by atoms with van der Waals surface area (Å²) in [7, 11) is 0. The number of allylic oxidation sites excluding steroid dienone is 1. The number of hydrogen-bond donors (Lipinski definition) is 3. The van der Waals surface area contributed by atoms with Crippen molar-refractivity contribution in [3.05, 3.63) is 12.2 Å². The minimum atomic E-state index is -1.02. The fourth-order valence-electron chi connectivity index (χ4n) is 4.07. The molecule has 0 aliphatic carbocycles. The first-order valence-electron chi connectivity index (χ1n) is 12.6. The molecule has 1 rings (SSSR count). The minimum absolute atomic E-state index is 0.134. The largest absolute Gasteiger partial charge is 0.394 e. The molecule has 1 heterocycles. The number of ether oxygens (including phenoxy) is 2. The van der Waals surface area contributed by atoms with Gasteiger partial charge in [0.25, 0.3) is 0 Å². The van der Waals surface area contributed by atoms with Gasteiger partial charge in [-0.1, -0.05) is 103 Å². The Morgan fingerprint density at radius 2 is 1.40 bits per heavy atom. The maximum atomic E-state index is 9.88. The van der Waals surface area contributed by atoms with Crippen LogP contribution in [0.4, 0.5) is 0 Å². The quantitative estimate of drug-likeness (QED) is 0.190. The first-order chi connectivity index (χ1) is 14.7. The smallest absolute Gasteiger partial charge is 0.115 e. The Labute approximate surface area is 184 Å². The summed E-state index contributed by atoms with van der Waals surface area (Å²) in [5.41, 5.74) is 0. The lowest BCUT2D eigenvalue weighted by Crippen LogP contribution is -2.42. The van der Waals surface area contributed by atoms with Gasteiger partial charge in [0.15, 0.2) is 0 Å². The molecule has 1 fully saturated rings. The van der Waals surface area contributed by atoms with Crippen molar-refractivity contribution >= 4 is 0 Å². The van der Waals surface area contributed by atoms with Crippen molar-refractivity contribution in [2.45, 2.75) is 128 Å². The van der Waals surface area contributed by atoms with Crippen molar-refractivity contribution in [3.8, 4) is 0 Å². The normalized spacial score (nSPS) is 22.9. The van der Waals surface area contributed by atoms with Gasteiger partial charge in [0, 0.05) is 0 Å². The van der Waals surface area contributed by atoms with Crippen LogP contribution in [-0.4, -0.2) is 59.6 Å². The summed E-state index contributed by atoms with van der Waals surface area (Å²) in [6.45, 7) is 2.40. The summed E-state index contributed by atoms with van der Waals surface area (Å²) in [4.78, 5) is 0. The average Bonchev–Trinajstić information content (AvgIpc) is 3.12. The van der Waals surface area contributed by atoms with Crippen molar-refractivity contribution in [3.63, 3.8) is 0 Å². The van der Waals surface area contributed by atoms with Gasteiger partial charge in [0.1, 0.15) is 24.4 Å². The Hall–Kier alpha value is -0.460. The molecule has 0 bridgehead atoms. The van der Waals surface area contributed by atoms with Crippen LogP contribution in [0, 0.1) is 0 Å². The zero-order valence-electron chi connectivity index (χ0n) is 19.4. The summed E-state index contributed by atoms with van der Waals surface area (Å²) < 4.78 is 11.0. The van der Waals surface area contributed by atoms with Gasteiger partial charge in [-0.25, -0.2) is 0 Å². The Balaban J connectivity index is 1.86. The van der Waals surface area contributed by atoms with Crippen LogP contribution in [-0.2, 0) is 9.47 Å². The fraction of sp³-hybridized carbons (Fsp3) is 0.920. The van der Waals surface area contributed by atoms with Crippen molar-refractivity contribution in [2.75, 3.05) is 19.8 Å². The molecule has 0 radical (unpaired) electrons. The number of aliphatic hydroxyl groups is 3. The third-order valence-electron chi connectivity index (χ3n) is 6.00. The molecular formula is C25H48O5. The van der Waals surface area contributed by atoms with Crippen molar-refractivity contribution in [1.82, 2.24) is 0 Å². The lowest BCUT2D eigenvalue weighted by Gasteiger charge is -2.23. The Bertz CT molecular complexity index is 401. The van der Waals surface area contributed by atoms with Crippen LogP contribution in [0.5, 0.6) is 0 Å². The second-order valence-electron chi connectivity index (χ2n) is 8.77. The third kappa shape index (κ3) is 13.1. The molecule has 0 aromatic heterocycles. The van der Waals surface area contributed by atoms with Crippen LogP contribution in [0.3, 0.4) is 0 Å². The predicted octanol–water partition coefficient (Wildman–Crippen LogP) is 4.91. The van der Waals surface area contributed by atoms with Gasteiger partial charge < -0.3 is 24.8 Å². The number of aliphatic hydroxyl groups excluding tert-OH is 3. The Morgan fingerprint density at radius 3 is 1.93 bits per heavy atom. The standard InChI is InChI=1S/C25H48O5/c1-2-3-4-5-6-7-8-9-10-11-12-13-14-15-16-17-18-19-29-25-23(28)21-30-24(25)22(27)20-26/h17-18,22-28H,2-16,19-21H2,1H3/b18-17+/t22-,23+,24-,25-/m0/s1. The van der Waals surface area contributed by atoms with Crippen LogP contribution >= 0.6 is 0 Å². The molecule has 5 nitrogen and oxygen atoms in total. The van der Waals surface area contributed by atoms with Gasteiger partial charge in [0.2, 0.25) is 0 Å². The minimum Gasteiger partial charge on any atom is -0.394 e. The molecule has 3 N–H and O–H groups in total. The molecular weight excluding hydrogens is 380 g/mol. The fourth-order valence-corrected chi connectivity index (χ4v) is 4.07. The molecule has 0 saturated carbocycles. The lowest BCUT2D eigenvalue weighted by atomic mass is 10.0. The molecule has 30 heavy (non-hydrogen) atoms. The third-order valence-corrected chi connectivity index (χ3v) is 6.00. The number of hydrogen-bond acceptors (Lipinski definition) is 5. The summed E-state index contributed by atoms with van der Waals surface area (Å²) in [5.74, 6) is 0. The van der Waals surface area contributed by atoms with Crippen LogP contribution in [0.2, 0.25) is 0 Å². The molecule has 0 unspecified atom stereocenters. The van der Waals surface area contributed by atoms with Crippen molar-refractivity contribution < 1.29 is 24.8 Å². The van der Waals surface area contributed by atoms with Gasteiger partial charge in [0.05, 0.1) is 19.8 Å². The monoisotopic (exact) mass is 428 g/mol. The van der Waals surface area contributed by atoms with E-state index >= 15 is 0 Å². The van der Waals surface area contributed by atoms with E-state index < -0.39 is 31.0 Å². The highest BCUT2D eigenvalue weighted by molar-refractivity contribution is 4.91. The molecule has 0 spiro atoms. The number of unbranched alkanes of at least 4 members (excludes halogenated alkanes) is 14. The molecule has 0 aromatic carbocycles. The van der Waals surface area contributed by atoms with Gasteiger partial charge >= 0.3 is 0 Å². The molecule has 0 amide bonds. The summed E-state index contributed by atoms with van der Waals surface area (Å²) in [5, 5.41) is 28.6. The molecule has 1 aliphatic rings. The highest BCUT2D eigenvalue weighted by atomic mass is 16.6. The highest BCUT2D eigenvalue weighted by Gasteiger charge is 2.40. The van der Waals surface area contributed by atoms with Crippen LogP contribution in [0.15, 0.2) is 12.2 Å². The van der Waals surface area contributed by atoms with Gasteiger partial charge in [-0.3, -0.25) is 0 Å². The molecule has 5 heteroatoms.